The average Bonchev–Trinajstić information content (AvgIpc) is 2.21. The van der Waals surface area contributed by atoms with Crippen molar-refractivity contribution in [1.29, 1.82) is 0 Å². The van der Waals surface area contributed by atoms with E-state index in [2.05, 4.69) is 21.2 Å². The van der Waals surface area contributed by atoms with E-state index in [1.165, 1.54) is 6.92 Å². The molecule has 0 saturated carbocycles. The second kappa shape index (κ2) is 5.13. The van der Waals surface area contributed by atoms with Crippen LogP contribution in [0.3, 0.4) is 0 Å². The highest BCUT2D eigenvalue weighted by Crippen LogP contribution is 2.35. The lowest BCUT2D eigenvalue weighted by molar-refractivity contribution is -0.384. The lowest BCUT2D eigenvalue weighted by Crippen LogP contribution is -2.14. The van der Waals surface area contributed by atoms with Crippen molar-refractivity contribution in [2.75, 3.05) is 5.32 Å². The molecule has 0 unspecified atom stereocenters. The first-order chi connectivity index (χ1) is 8.25. The lowest BCUT2D eigenvalue weighted by atomic mass is 10.0. The molecule has 2 N–H and O–H groups in total. The number of nitrogens with one attached hydrogen (secondary N) is 1. The molecular formula is C10H9BrN2O5. The molecular weight excluding hydrogens is 308 g/mol. The fraction of sp³-hybridized carbons (Fsp3) is 0.200. The molecule has 0 bridgehead atoms. The van der Waals surface area contributed by atoms with Gasteiger partial charge in [0, 0.05) is 17.5 Å². The number of amides is 1. The zero-order valence-electron chi connectivity index (χ0n) is 9.48. The second-order valence-electron chi connectivity index (χ2n) is 3.50. The monoisotopic (exact) mass is 316 g/mol. The molecule has 0 aliphatic heterocycles. The van der Waals surface area contributed by atoms with Gasteiger partial charge >= 0.3 is 5.97 Å². The van der Waals surface area contributed by atoms with E-state index in [0.717, 1.165) is 13.0 Å². The minimum absolute atomic E-state index is 0.292. The van der Waals surface area contributed by atoms with E-state index in [1.54, 1.807) is 0 Å². The predicted molar refractivity (Wildman–Crippen MR) is 66.8 cm³/mol. The van der Waals surface area contributed by atoms with Crippen LogP contribution in [0.2, 0.25) is 0 Å². The quantitative estimate of drug-likeness (QED) is 0.657. The van der Waals surface area contributed by atoms with Gasteiger partial charge in [-0.05, 0) is 12.5 Å². The standard InChI is InChI=1S/C10H9BrN2O5/c1-4-6(11)3-7(13(17)18)9(12-5(2)14)8(4)10(15)16/h3H,1-2H3,(H,12,14)(H,15,16). The Morgan fingerprint density at radius 1 is 1.50 bits per heavy atom. The molecule has 0 heterocycles. The van der Waals surface area contributed by atoms with Gasteiger partial charge in [-0.3, -0.25) is 14.9 Å². The third-order valence-electron chi connectivity index (χ3n) is 2.21. The number of halogens is 1. The molecule has 1 aromatic carbocycles. The first-order valence-electron chi connectivity index (χ1n) is 4.74. The van der Waals surface area contributed by atoms with Crippen LogP contribution in [0.15, 0.2) is 10.5 Å². The van der Waals surface area contributed by atoms with Gasteiger partial charge in [0.1, 0.15) is 5.69 Å². The number of nitro benzene ring substituents is 1. The summed E-state index contributed by atoms with van der Waals surface area (Å²) >= 11 is 3.05. The molecule has 0 fully saturated rings. The third kappa shape index (κ3) is 2.65. The zero-order chi connectivity index (χ0) is 14.0. The summed E-state index contributed by atoms with van der Waals surface area (Å²) < 4.78 is 0.292. The van der Waals surface area contributed by atoms with Gasteiger partial charge in [0.2, 0.25) is 5.91 Å². The number of hydrogen-bond acceptors (Lipinski definition) is 4. The van der Waals surface area contributed by atoms with Crippen LogP contribution in [0.4, 0.5) is 11.4 Å². The van der Waals surface area contributed by atoms with Crippen molar-refractivity contribution in [2.45, 2.75) is 13.8 Å². The smallest absolute Gasteiger partial charge is 0.338 e. The number of carboxylic acids is 1. The van der Waals surface area contributed by atoms with Gasteiger partial charge < -0.3 is 10.4 Å². The van der Waals surface area contributed by atoms with E-state index in [-0.39, 0.29) is 11.3 Å². The molecule has 0 aliphatic carbocycles. The Labute approximate surface area is 110 Å². The first kappa shape index (κ1) is 14.1. The van der Waals surface area contributed by atoms with E-state index in [9.17, 15) is 19.7 Å². The van der Waals surface area contributed by atoms with Crippen LogP contribution in [0.1, 0.15) is 22.8 Å². The summed E-state index contributed by atoms with van der Waals surface area (Å²) in [6, 6.07) is 1.16. The number of nitro groups is 1. The highest BCUT2D eigenvalue weighted by atomic mass is 79.9. The van der Waals surface area contributed by atoms with Crippen LogP contribution < -0.4 is 5.32 Å². The molecule has 1 aromatic rings. The maximum atomic E-state index is 11.2. The number of carbonyl (C=O) groups is 2. The number of aromatic carboxylic acids is 1. The van der Waals surface area contributed by atoms with E-state index < -0.39 is 22.5 Å². The van der Waals surface area contributed by atoms with Crippen LogP contribution in [-0.4, -0.2) is 21.9 Å². The predicted octanol–water partition coefficient (Wildman–Crippen LogP) is 2.32. The summed E-state index contributed by atoms with van der Waals surface area (Å²) in [5.74, 6) is -1.93. The molecule has 96 valence electrons. The van der Waals surface area contributed by atoms with Crippen LogP contribution in [-0.2, 0) is 4.79 Å². The van der Waals surface area contributed by atoms with Crippen molar-refractivity contribution >= 4 is 39.2 Å². The normalized spacial score (nSPS) is 9.94. The van der Waals surface area contributed by atoms with Crippen LogP contribution in [0.5, 0.6) is 0 Å². The van der Waals surface area contributed by atoms with Crippen molar-refractivity contribution < 1.29 is 19.6 Å². The minimum atomic E-state index is -1.35. The largest absolute Gasteiger partial charge is 0.478 e. The Kier molecular flexibility index (Phi) is 4.02. The Morgan fingerprint density at radius 2 is 2.06 bits per heavy atom. The van der Waals surface area contributed by atoms with E-state index in [0.29, 0.717) is 10.0 Å². The maximum Gasteiger partial charge on any atom is 0.338 e. The number of benzene rings is 1. The molecule has 18 heavy (non-hydrogen) atoms. The number of carboxylic acid groups (broad SMARTS) is 1. The highest BCUT2D eigenvalue weighted by molar-refractivity contribution is 9.10. The number of carbonyl (C=O) groups excluding carboxylic acids is 1. The molecule has 1 amide bonds. The summed E-state index contributed by atoms with van der Waals surface area (Å²) in [7, 11) is 0. The van der Waals surface area contributed by atoms with Crippen molar-refractivity contribution in [3.63, 3.8) is 0 Å². The van der Waals surface area contributed by atoms with Crippen molar-refractivity contribution in [1.82, 2.24) is 0 Å². The summed E-state index contributed by atoms with van der Waals surface area (Å²) in [6.45, 7) is 2.63. The topological polar surface area (TPSA) is 110 Å². The third-order valence-corrected chi connectivity index (χ3v) is 3.04. The molecule has 0 atom stereocenters. The Balaban J connectivity index is 3.68. The molecule has 0 aliphatic rings. The fourth-order valence-electron chi connectivity index (χ4n) is 1.45. The maximum absolute atomic E-state index is 11.2. The Morgan fingerprint density at radius 3 is 2.44 bits per heavy atom. The van der Waals surface area contributed by atoms with Crippen molar-refractivity contribution in [3.05, 3.63) is 31.8 Å². The molecule has 1 rings (SSSR count). The lowest BCUT2D eigenvalue weighted by Gasteiger charge is -2.11. The van der Waals surface area contributed by atoms with Gasteiger partial charge in [-0.2, -0.15) is 0 Å². The molecule has 8 heteroatoms. The van der Waals surface area contributed by atoms with Crippen LogP contribution >= 0.6 is 15.9 Å². The Bertz CT molecular complexity index is 556. The SMILES string of the molecule is CC(=O)Nc1c([N+](=O)[O-])cc(Br)c(C)c1C(=O)O. The highest BCUT2D eigenvalue weighted by Gasteiger charge is 2.26. The first-order valence-corrected chi connectivity index (χ1v) is 5.53. The van der Waals surface area contributed by atoms with E-state index in [4.69, 9.17) is 5.11 Å². The van der Waals surface area contributed by atoms with Crippen LogP contribution in [0.25, 0.3) is 0 Å². The second-order valence-corrected chi connectivity index (χ2v) is 4.35. The van der Waals surface area contributed by atoms with Gasteiger partial charge in [0.25, 0.3) is 5.69 Å². The van der Waals surface area contributed by atoms with Gasteiger partial charge in [0.05, 0.1) is 10.5 Å². The van der Waals surface area contributed by atoms with Gasteiger partial charge in [0.15, 0.2) is 0 Å². The molecule has 7 nitrogen and oxygen atoms in total. The zero-order valence-corrected chi connectivity index (χ0v) is 11.1. The molecule has 0 saturated heterocycles. The van der Waals surface area contributed by atoms with Crippen molar-refractivity contribution in [3.8, 4) is 0 Å². The molecule has 0 radical (unpaired) electrons. The average molecular weight is 317 g/mol. The van der Waals surface area contributed by atoms with Crippen molar-refractivity contribution in [2.24, 2.45) is 0 Å². The summed E-state index contributed by atoms with van der Waals surface area (Å²) in [6.07, 6.45) is 0. The number of anilines is 1. The molecule has 0 aromatic heterocycles. The Hall–Kier alpha value is -1.96. The van der Waals surface area contributed by atoms with Gasteiger partial charge in [-0.15, -0.1) is 0 Å². The van der Waals surface area contributed by atoms with Gasteiger partial charge in [-0.1, -0.05) is 15.9 Å². The number of hydrogen-bond donors (Lipinski definition) is 2. The summed E-state index contributed by atoms with van der Waals surface area (Å²) in [5.41, 5.74) is -0.774. The van der Waals surface area contributed by atoms with E-state index in [1.807, 2.05) is 0 Å². The van der Waals surface area contributed by atoms with Gasteiger partial charge in [-0.25, -0.2) is 4.79 Å². The minimum Gasteiger partial charge on any atom is -0.478 e. The fourth-order valence-corrected chi connectivity index (χ4v) is 1.86. The molecule has 0 spiro atoms. The van der Waals surface area contributed by atoms with Crippen LogP contribution in [0, 0.1) is 17.0 Å². The number of rotatable bonds is 3. The summed E-state index contributed by atoms with van der Waals surface area (Å²) in [4.78, 5) is 32.3. The van der Waals surface area contributed by atoms with E-state index >= 15 is 0 Å². The number of nitrogens with zero attached hydrogens (tertiary/aromatic N) is 1. The summed E-state index contributed by atoms with van der Waals surface area (Å²) in [5, 5.41) is 22.2.